The SMILES string of the molecule is CCOc1cccc(CNCC(O)(CC)CC)c1OC. The Morgan fingerprint density at radius 2 is 1.90 bits per heavy atom. The van der Waals surface area contributed by atoms with E-state index in [2.05, 4.69) is 5.32 Å². The molecular weight excluding hydrogens is 254 g/mol. The van der Waals surface area contributed by atoms with Crippen LogP contribution in [0, 0.1) is 0 Å². The van der Waals surface area contributed by atoms with Gasteiger partial charge in [0.05, 0.1) is 19.3 Å². The first-order valence-corrected chi connectivity index (χ1v) is 7.32. The molecule has 1 aromatic rings. The number of hydrogen-bond acceptors (Lipinski definition) is 4. The highest BCUT2D eigenvalue weighted by molar-refractivity contribution is 5.46. The predicted molar refractivity (Wildman–Crippen MR) is 81.4 cm³/mol. The van der Waals surface area contributed by atoms with Gasteiger partial charge in [0.15, 0.2) is 11.5 Å². The first-order valence-electron chi connectivity index (χ1n) is 7.32. The fourth-order valence-corrected chi connectivity index (χ4v) is 2.13. The Balaban J connectivity index is 2.70. The molecule has 0 aliphatic heterocycles. The molecule has 1 aromatic carbocycles. The maximum atomic E-state index is 10.3. The minimum Gasteiger partial charge on any atom is -0.493 e. The van der Waals surface area contributed by atoms with Gasteiger partial charge in [-0.15, -0.1) is 0 Å². The number of para-hydroxylation sites is 1. The molecule has 4 nitrogen and oxygen atoms in total. The van der Waals surface area contributed by atoms with Crippen molar-refractivity contribution in [3.8, 4) is 11.5 Å². The molecule has 0 atom stereocenters. The maximum absolute atomic E-state index is 10.3. The van der Waals surface area contributed by atoms with E-state index in [0.717, 1.165) is 29.9 Å². The number of ether oxygens (including phenoxy) is 2. The summed E-state index contributed by atoms with van der Waals surface area (Å²) in [6.45, 7) is 7.78. The third-order valence-electron chi connectivity index (χ3n) is 3.65. The number of methoxy groups -OCH3 is 1. The van der Waals surface area contributed by atoms with Gasteiger partial charge in [-0.2, -0.15) is 0 Å². The molecular formula is C16H27NO3. The zero-order chi connectivity index (χ0) is 15.0. The van der Waals surface area contributed by atoms with Gasteiger partial charge < -0.3 is 19.9 Å². The minimum absolute atomic E-state index is 0.571. The summed E-state index contributed by atoms with van der Waals surface area (Å²) in [6.07, 6.45) is 1.49. The van der Waals surface area contributed by atoms with Crippen molar-refractivity contribution in [2.45, 2.75) is 45.8 Å². The standard InChI is InChI=1S/C16H27NO3/c1-5-16(18,6-2)12-17-11-13-9-8-10-14(20-7-3)15(13)19-4/h8-10,17-18H,5-7,11-12H2,1-4H3. The highest BCUT2D eigenvalue weighted by atomic mass is 16.5. The summed E-state index contributed by atoms with van der Waals surface area (Å²) in [5.41, 5.74) is 0.401. The second-order valence-electron chi connectivity index (χ2n) is 4.92. The van der Waals surface area contributed by atoms with Crippen molar-refractivity contribution in [2.24, 2.45) is 0 Å². The van der Waals surface area contributed by atoms with Gasteiger partial charge in [0.1, 0.15) is 0 Å². The van der Waals surface area contributed by atoms with Crippen LogP contribution in [0.25, 0.3) is 0 Å². The molecule has 0 fully saturated rings. The molecule has 0 bridgehead atoms. The van der Waals surface area contributed by atoms with Gasteiger partial charge in [-0.1, -0.05) is 26.0 Å². The van der Waals surface area contributed by atoms with E-state index >= 15 is 0 Å². The Labute approximate surface area is 122 Å². The van der Waals surface area contributed by atoms with Crippen LogP contribution in [-0.2, 0) is 6.54 Å². The monoisotopic (exact) mass is 281 g/mol. The van der Waals surface area contributed by atoms with Crippen molar-refractivity contribution < 1.29 is 14.6 Å². The summed E-state index contributed by atoms with van der Waals surface area (Å²) in [5.74, 6) is 1.52. The lowest BCUT2D eigenvalue weighted by Crippen LogP contribution is -2.39. The largest absolute Gasteiger partial charge is 0.493 e. The summed E-state index contributed by atoms with van der Waals surface area (Å²) in [4.78, 5) is 0. The quantitative estimate of drug-likeness (QED) is 0.731. The molecule has 114 valence electrons. The lowest BCUT2D eigenvalue weighted by molar-refractivity contribution is 0.0322. The van der Waals surface area contributed by atoms with Crippen LogP contribution < -0.4 is 14.8 Å². The van der Waals surface area contributed by atoms with Crippen LogP contribution in [-0.4, -0.2) is 31.0 Å². The summed E-state index contributed by atoms with van der Waals surface area (Å²) in [5, 5.41) is 13.6. The Hall–Kier alpha value is -1.26. The Kier molecular flexibility index (Phi) is 6.82. The van der Waals surface area contributed by atoms with Gasteiger partial charge in [-0.05, 0) is 25.8 Å². The van der Waals surface area contributed by atoms with Crippen molar-refractivity contribution >= 4 is 0 Å². The summed E-state index contributed by atoms with van der Waals surface area (Å²) < 4.78 is 11.0. The fraction of sp³-hybridized carbons (Fsp3) is 0.625. The normalized spacial score (nSPS) is 11.4. The Morgan fingerprint density at radius 3 is 2.45 bits per heavy atom. The molecule has 0 radical (unpaired) electrons. The smallest absolute Gasteiger partial charge is 0.165 e. The molecule has 0 saturated carbocycles. The van der Waals surface area contributed by atoms with E-state index in [9.17, 15) is 5.11 Å². The molecule has 0 unspecified atom stereocenters. The summed E-state index contributed by atoms with van der Waals surface area (Å²) >= 11 is 0. The molecule has 0 aromatic heterocycles. The predicted octanol–water partition coefficient (Wildman–Crippen LogP) is 2.73. The lowest BCUT2D eigenvalue weighted by atomic mass is 9.97. The van der Waals surface area contributed by atoms with Crippen LogP contribution in [0.3, 0.4) is 0 Å². The molecule has 0 aliphatic rings. The zero-order valence-corrected chi connectivity index (χ0v) is 13.0. The molecule has 0 heterocycles. The number of rotatable bonds is 9. The van der Waals surface area contributed by atoms with Crippen molar-refractivity contribution in [3.63, 3.8) is 0 Å². The third-order valence-corrected chi connectivity index (χ3v) is 3.65. The second kappa shape index (κ2) is 8.12. The maximum Gasteiger partial charge on any atom is 0.165 e. The van der Waals surface area contributed by atoms with E-state index in [1.165, 1.54) is 0 Å². The van der Waals surface area contributed by atoms with Crippen molar-refractivity contribution in [2.75, 3.05) is 20.3 Å². The highest BCUT2D eigenvalue weighted by Gasteiger charge is 2.21. The summed E-state index contributed by atoms with van der Waals surface area (Å²) in [7, 11) is 1.65. The van der Waals surface area contributed by atoms with E-state index in [-0.39, 0.29) is 0 Å². The van der Waals surface area contributed by atoms with Crippen LogP contribution in [0.5, 0.6) is 11.5 Å². The molecule has 0 saturated heterocycles. The van der Waals surface area contributed by atoms with Crippen LogP contribution in [0.4, 0.5) is 0 Å². The Morgan fingerprint density at radius 1 is 1.20 bits per heavy atom. The van der Waals surface area contributed by atoms with E-state index in [0.29, 0.717) is 19.7 Å². The fourth-order valence-electron chi connectivity index (χ4n) is 2.13. The minimum atomic E-state index is -0.634. The molecule has 0 spiro atoms. The van der Waals surface area contributed by atoms with Gasteiger partial charge in [-0.3, -0.25) is 0 Å². The van der Waals surface area contributed by atoms with E-state index in [1.54, 1.807) is 7.11 Å². The van der Waals surface area contributed by atoms with Crippen molar-refractivity contribution in [1.29, 1.82) is 0 Å². The first-order chi connectivity index (χ1) is 9.60. The lowest BCUT2D eigenvalue weighted by Gasteiger charge is -2.25. The average molecular weight is 281 g/mol. The van der Waals surface area contributed by atoms with E-state index in [1.807, 2.05) is 39.0 Å². The number of benzene rings is 1. The topological polar surface area (TPSA) is 50.7 Å². The average Bonchev–Trinajstić information content (AvgIpc) is 2.47. The molecule has 0 aliphatic carbocycles. The van der Waals surface area contributed by atoms with Crippen LogP contribution in [0.2, 0.25) is 0 Å². The van der Waals surface area contributed by atoms with Gasteiger partial charge >= 0.3 is 0 Å². The number of hydrogen-bond donors (Lipinski definition) is 2. The summed E-state index contributed by atoms with van der Waals surface area (Å²) in [6, 6.07) is 5.86. The van der Waals surface area contributed by atoms with Gasteiger partial charge in [0.25, 0.3) is 0 Å². The van der Waals surface area contributed by atoms with Crippen molar-refractivity contribution in [1.82, 2.24) is 5.32 Å². The molecule has 2 N–H and O–H groups in total. The van der Waals surface area contributed by atoms with Crippen molar-refractivity contribution in [3.05, 3.63) is 23.8 Å². The molecule has 0 amide bonds. The number of nitrogens with one attached hydrogen (secondary N) is 1. The zero-order valence-electron chi connectivity index (χ0n) is 13.0. The molecule has 20 heavy (non-hydrogen) atoms. The van der Waals surface area contributed by atoms with Gasteiger partial charge in [-0.25, -0.2) is 0 Å². The molecule has 1 rings (SSSR count). The second-order valence-corrected chi connectivity index (χ2v) is 4.92. The van der Waals surface area contributed by atoms with E-state index in [4.69, 9.17) is 9.47 Å². The van der Waals surface area contributed by atoms with Crippen LogP contribution >= 0.6 is 0 Å². The molecule has 4 heteroatoms. The van der Waals surface area contributed by atoms with E-state index < -0.39 is 5.60 Å². The van der Waals surface area contributed by atoms with Crippen LogP contribution in [0.15, 0.2) is 18.2 Å². The highest BCUT2D eigenvalue weighted by Crippen LogP contribution is 2.31. The first kappa shape index (κ1) is 16.8. The Bertz CT molecular complexity index is 403. The number of aliphatic hydroxyl groups is 1. The van der Waals surface area contributed by atoms with Gasteiger partial charge in [0, 0.05) is 18.7 Å². The van der Waals surface area contributed by atoms with Crippen LogP contribution in [0.1, 0.15) is 39.2 Å². The third kappa shape index (κ3) is 4.39. The van der Waals surface area contributed by atoms with Gasteiger partial charge in [0.2, 0.25) is 0 Å².